The number of ether oxygens (including phenoxy) is 1. The molecule has 0 aromatic heterocycles. The van der Waals surface area contributed by atoms with Gasteiger partial charge in [0.1, 0.15) is 6.10 Å². The van der Waals surface area contributed by atoms with Gasteiger partial charge in [0.2, 0.25) is 5.91 Å². The lowest BCUT2D eigenvalue weighted by atomic mass is 9.93. The minimum atomic E-state index is -0.361. The molecule has 3 atom stereocenters. The number of carbonyl (C=O) groups is 1. The third-order valence-electron chi connectivity index (χ3n) is 4.59. The van der Waals surface area contributed by atoms with E-state index in [0.29, 0.717) is 18.4 Å². The fourth-order valence-corrected chi connectivity index (χ4v) is 3.04. The molecule has 4 heteroatoms. The van der Waals surface area contributed by atoms with Gasteiger partial charge in [0.25, 0.3) is 0 Å². The van der Waals surface area contributed by atoms with E-state index >= 15 is 0 Å². The molecule has 1 saturated heterocycles. The highest BCUT2D eigenvalue weighted by Gasteiger charge is 2.31. The molecule has 0 bridgehead atoms. The molecule has 128 valence electrons. The number of hydrogen-bond acceptors (Lipinski definition) is 3. The zero-order valence-electron chi connectivity index (χ0n) is 14.7. The van der Waals surface area contributed by atoms with E-state index in [1.54, 1.807) is 0 Å². The normalized spacial score (nSPS) is 22.6. The standard InChI is InChI=1S/C19H30N2O2/c1-12(2)14-5-7-15(8-6-14)18(13(3)4)21-19(22)17-10-9-16(11-20)23-17/h5-8,12-13,16-18H,9-11,20H2,1-4H3,(H,21,22)/t16-,17+,18?/m1/s1. The second-order valence-electron chi connectivity index (χ2n) is 7.11. The average Bonchev–Trinajstić information content (AvgIpc) is 3.01. The number of hydrogen-bond donors (Lipinski definition) is 2. The lowest BCUT2D eigenvalue weighted by Crippen LogP contribution is -2.39. The molecule has 1 heterocycles. The summed E-state index contributed by atoms with van der Waals surface area (Å²) in [6.07, 6.45) is 1.28. The van der Waals surface area contributed by atoms with Gasteiger partial charge in [0.15, 0.2) is 0 Å². The van der Waals surface area contributed by atoms with E-state index in [1.807, 2.05) is 0 Å². The number of nitrogens with one attached hydrogen (secondary N) is 1. The molecule has 23 heavy (non-hydrogen) atoms. The van der Waals surface area contributed by atoms with Crippen LogP contribution in [-0.2, 0) is 9.53 Å². The zero-order valence-corrected chi connectivity index (χ0v) is 14.7. The maximum absolute atomic E-state index is 12.5. The monoisotopic (exact) mass is 318 g/mol. The first-order valence-electron chi connectivity index (χ1n) is 8.68. The first-order chi connectivity index (χ1) is 10.9. The van der Waals surface area contributed by atoms with Gasteiger partial charge in [0.05, 0.1) is 12.1 Å². The van der Waals surface area contributed by atoms with E-state index in [0.717, 1.165) is 18.4 Å². The van der Waals surface area contributed by atoms with Crippen LogP contribution >= 0.6 is 0 Å². The van der Waals surface area contributed by atoms with Crippen LogP contribution < -0.4 is 11.1 Å². The van der Waals surface area contributed by atoms with Crippen LogP contribution in [-0.4, -0.2) is 24.7 Å². The van der Waals surface area contributed by atoms with Crippen LogP contribution in [0.25, 0.3) is 0 Å². The number of rotatable bonds is 6. The molecular formula is C19H30N2O2. The van der Waals surface area contributed by atoms with Crippen LogP contribution in [0.4, 0.5) is 0 Å². The highest BCUT2D eigenvalue weighted by atomic mass is 16.5. The van der Waals surface area contributed by atoms with E-state index in [4.69, 9.17) is 10.5 Å². The first-order valence-corrected chi connectivity index (χ1v) is 8.68. The molecule has 1 aliphatic rings. The van der Waals surface area contributed by atoms with E-state index in [1.165, 1.54) is 5.56 Å². The molecule has 0 spiro atoms. The molecule has 0 aliphatic carbocycles. The number of amides is 1. The summed E-state index contributed by atoms with van der Waals surface area (Å²) in [6.45, 7) is 9.09. The summed E-state index contributed by atoms with van der Waals surface area (Å²) in [6, 6.07) is 8.55. The van der Waals surface area contributed by atoms with E-state index in [9.17, 15) is 4.79 Å². The molecule has 4 nitrogen and oxygen atoms in total. The Bertz CT molecular complexity index is 511. The molecule has 1 fully saturated rings. The van der Waals surface area contributed by atoms with Crippen molar-refractivity contribution in [2.24, 2.45) is 11.7 Å². The quantitative estimate of drug-likeness (QED) is 0.847. The van der Waals surface area contributed by atoms with E-state index in [-0.39, 0.29) is 24.2 Å². The molecule has 2 rings (SSSR count). The predicted molar refractivity (Wildman–Crippen MR) is 93.2 cm³/mol. The second kappa shape index (κ2) is 7.93. The molecule has 0 radical (unpaired) electrons. The Hall–Kier alpha value is -1.39. The Morgan fingerprint density at radius 2 is 1.78 bits per heavy atom. The summed E-state index contributed by atoms with van der Waals surface area (Å²) in [4.78, 5) is 12.5. The zero-order chi connectivity index (χ0) is 17.0. The van der Waals surface area contributed by atoms with Crippen molar-refractivity contribution in [1.82, 2.24) is 5.32 Å². The number of nitrogens with two attached hydrogens (primary N) is 1. The van der Waals surface area contributed by atoms with Gasteiger partial charge in [-0.2, -0.15) is 0 Å². The van der Waals surface area contributed by atoms with Crippen LogP contribution in [0.1, 0.15) is 63.6 Å². The van der Waals surface area contributed by atoms with Crippen molar-refractivity contribution < 1.29 is 9.53 Å². The Morgan fingerprint density at radius 1 is 1.17 bits per heavy atom. The van der Waals surface area contributed by atoms with Crippen molar-refractivity contribution in [2.75, 3.05) is 6.54 Å². The largest absolute Gasteiger partial charge is 0.364 e. The fourth-order valence-electron chi connectivity index (χ4n) is 3.04. The fraction of sp³-hybridized carbons (Fsp3) is 0.632. The third kappa shape index (κ3) is 4.55. The molecule has 1 unspecified atom stereocenters. The maximum atomic E-state index is 12.5. The van der Waals surface area contributed by atoms with Crippen LogP contribution in [0.5, 0.6) is 0 Å². The summed E-state index contributed by atoms with van der Waals surface area (Å²) >= 11 is 0. The Labute approximate surface area is 139 Å². The van der Waals surface area contributed by atoms with Gasteiger partial charge in [-0.15, -0.1) is 0 Å². The molecule has 3 N–H and O–H groups in total. The SMILES string of the molecule is CC(C)c1ccc(C(NC(=O)[C@@H]2CC[C@H](CN)O2)C(C)C)cc1. The highest BCUT2D eigenvalue weighted by molar-refractivity contribution is 5.81. The topological polar surface area (TPSA) is 64.4 Å². The van der Waals surface area contributed by atoms with Gasteiger partial charge in [-0.1, -0.05) is 52.0 Å². The van der Waals surface area contributed by atoms with Crippen LogP contribution in [0.3, 0.4) is 0 Å². The lowest BCUT2D eigenvalue weighted by Gasteiger charge is -2.25. The van der Waals surface area contributed by atoms with Gasteiger partial charge in [-0.05, 0) is 35.8 Å². The van der Waals surface area contributed by atoms with E-state index < -0.39 is 0 Å². The van der Waals surface area contributed by atoms with Crippen molar-refractivity contribution in [2.45, 2.75) is 64.7 Å². The first kappa shape index (κ1) is 18.0. The van der Waals surface area contributed by atoms with Gasteiger partial charge in [0, 0.05) is 6.54 Å². The van der Waals surface area contributed by atoms with Crippen LogP contribution in [0.15, 0.2) is 24.3 Å². The van der Waals surface area contributed by atoms with E-state index in [2.05, 4.69) is 57.3 Å². The molecule has 1 aliphatic heterocycles. The minimum Gasteiger partial charge on any atom is -0.364 e. The van der Waals surface area contributed by atoms with Crippen molar-refractivity contribution in [3.05, 3.63) is 35.4 Å². The van der Waals surface area contributed by atoms with Crippen molar-refractivity contribution >= 4 is 5.91 Å². The van der Waals surface area contributed by atoms with Crippen molar-refractivity contribution in [3.8, 4) is 0 Å². The lowest BCUT2D eigenvalue weighted by molar-refractivity contribution is -0.133. The molecule has 1 amide bonds. The Balaban J connectivity index is 2.05. The van der Waals surface area contributed by atoms with Gasteiger partial charge in [-0.3, -0.25) is 4.79 Å². The van der Waals surface area contributed by atoms with Crippen molar-refractivity contribution in [1.29, 1.82) is 0 Å². The summed E-state index contributed by atoms with van der Waals surface area (Å²) in [5.41, 5.74) is 8.08. The molecular weight excluding hydrogens is 288 g/mol. The summed E-state index contributed by atoms with van der Waals surface area (Å²) < 4.78 is 5.70. The van der Waals surface area contributed by atoms with Gasteiger partial charge in [-0.25, -0.2) is 0 Å². The summed E-state index contributed by atoms with van der Waals surface area (Å²) in [7, 11) is 0. The molecule has 1 aromatic carbocycles. The third-order valence-corrected chi connectivity index (χ3v) is 4.59. The smallest absolute Gasteiger partial charge is 0.249 e. The highest BCUT2D eigenvalue weighted by Crippen LogP contribution is 2.26. The van der Waals surface area contributed by atoms with Crippen LogP contribution in [0, 0.1) is 5.92 Å². The average molecular weight is 318 g/mol. The summed E-state index contributed by atoms with van der Waals surface area (Å²) in [5, 5.41) is 3.16. The summed E-state index contributed by atoms with van der Waals surface area (Å²) in [5.74, 6) is 0.805. The van der Waals surface area contributed by atoms with Crippen molar-refractivity contribution in [3.63, 3.8) is 0 Å². The number of carbonyl (C=O) groups excluding carboxylic acids is 1. The number of benzene rings is 1. The van der Waals surface area contributed by atoms with Gasteiger partial charge >= 0.3 is 0 Å². The predicted octanol–water partition coefficient (Wildman–Crippen LogP) is 3.13. The minimum absolute atomic E-state index is 0.00392. The molecule has 0 saturated carbocycles. The van der Waals surface area contributed by atoms with Gasteiger partial charge < -0.3 is 15.8 Å². The molecule has 1 aromatic rings. The maximum Gasteiger partial charge on any atom is 0.249 e. The van der Waals surface area contributed by atoms with Crippen LogP contribution in [0.2, 0.25) is 0 Å². The second-order valence-corrected chi connectivity index (χ2v) is 7.11. The Morgan fingerprint density at radius 3 is 2.26 bits per heavy atom. The Kier molecular flexibility index (Phi) is 6.19.